The van der Waals surface area contributed by atoms with Crippen molar-refractivity contribution in [3.63, 3.8) is 0 Å². The van der Waals surface area contributed by atoms with Crippen LogP contribution in [0, 0.1) is 9.39 Å². The van der Waals surface area contributed by atoms with Gasteiger partial charge in [-0.25, -0.2) is 4.39 Å². The summed E-state index contributed by atoms with van der Waals surface area (Å²) in [5.74, 6) is -0.393. The topological polar surface area (TPSA) is 24.4 Å². The summed E-state index contributed by atoms with van der Waals surface area (Å²) in [5, 5.41) is 4.30. The number of hydrazone groups is 1. The van der Waals surface area contributed by atoms with E-state index in [0.29, 0.717) is 5.02 Å². The maximum atomic E-state index is 13.4. The van der Waals surface area contributed by atoms with Gasteiger partial charge in [0.2, 0.25) is 0 Å². The number of nitrogens with zero attached hydrogens (tertiary/aromatic N) is 1. The van der Waals surface area contributed by atoms with Crippen LogP contribution in [0.4, 0.5) is 10.1 Å². The molecule has 0 saturated heterocycles. The van der Waals surface area contributed by atoms with Gasteiger partial charge in [-0.05, 0) is 59.0 Å². The molecule has 18 heavy (non-hydrogen) atoms. The molecule has 2 rings (SSSR count). The fourth-order valence-corrected chi connectivity index (χ4v) is 1.90. The second-order valence-electron chi connectivity index (χ2n) is 3.51. The molecule has 0 saturated carbocycles. The number of hydrogen-bond donors (Lipinski definition) is 1. The number of halogens is 3. The molecule has 2 nitrogen and oxygen atoms in total. The third-order valence-corrected chi connectivity index (χ3v) is 3.28. The van der Waals surface area contributed by atoms with E-state index in [1.165, 1.54) is 12.3 Å². The van der Waals surface area contributed by atoms with Gasteiger partial charge in [-0.1, -0.05) is 17.7 Å². The summed E-state index contributed by atoms with van der Waals surface area (Å²) in [6, 6.07) is 12.2. The molecular formula is C13H9ClFIN2. The Bertz CT molecular complexity index is 549. The van der Waals surface area contributed by atoms with Crippen molar-refractivity contribution in [3.05, 3.63) is 62.4 Å². The largest absolute Gasteiger partial charge is 0.279 e. The van der Waals surface area contributed by atoms with Crippen molar-refractivity contribution in [2.75, 3.05) is 5.43 Å². The van der Waals surface area contributed by atoms with Gasteiger partial charge in [-0.2, -0.15) is 5.10 Å². The fraction of sp³-hybridized carbons (Fsp3) is 0. The Hall–Kier alpha value is -1.14. The molecule has 0 heterocycles. The number of nitrogens with one attached hydrogen (secondary N) is 1. The highest BCUT2D eigenvalue weighted by molar-refractivity contribution is 14.1. The molecule has 0 atom stereocenters. The predicted molar refractivity (Wildman–Crippen MR) is 81.8 cm³/mol. The molecule has 0 aromatic heterocycles. The molecule has 0 aliphatic rings. The van der Waals surface area contributed by atoms with Gasteiger partial charge in [0.25, 0.3) is 0 Å². The molecule has 0 aliphatic heterocycles. The zero-order valence-electron chi connectivity index (χ0n) is 9.20. The van der Waals surface area contributed by atoms with Crippen LogP contribution >= 0.6 is 34.2 Å². The van der Waals surface area contributed by atoms with Crippen molar-refractivity contribution in [2.24, 2.45) is 5.10 Å². The monoisotopic (exact) mass is 374 g/mol. The first kappa shape index (κ1) is 13.3. The van der Waals surface area contributed by atoms with Crippen LogP contribution in [0.2, 0.25) is 5.02 Å². The van der Waals surface area contributed by atoms with Gasteiger partial charge in [0.1, 0.15) is 5.82 Å². The molecule has 0 radical (unpaired) electrons. The van der Waals surface area contributed by atoms with E-state index in [-0.39, 0.29) is 5.56 Å². The predicted octanol–water partition coefficient (Wildman–Crippen LogP) is 4.53. The minimum absolute atomic E-state index is 0.275. The van der Waals surface area contributed by atoms with E-state index < -0.39 is 5.82 Å². The van der Waals surface area contributed by atoms with Gasteiger partial charge in [-0.15, -0.1) is 0 Å². The van der Waals surface area contributed by atoms with Crippen LogP contribution in [0.15, 0.2) is 47.6 Å². The maximum absolute atomic E-state index is 13.4. The Balaban J connectivity index is 2.10. The highest BCUT2D eigenvalue weighted by Crippen LogP contribution is 2.17. The zero-order valence-corrected chi connectivity index (χ0v) is 12.1. The quantitative estimate of drug-likeness (QED) is 0.476. The standard InChI is InChI=1S/C13H9ClFIN2/c14-12-2-1-3-13(15)11(12)8-17-18-10-6-4-9(16)5-7-10/h1-8,18H/b17-8+. The van der Waals surface area contributed by atoms with Gasteiger partial charge < -0.3 is 0 Å². The van der Waals surface area contributed by atoms with E-state index in [1.54, 1.807) is 12.1 Å². The van der Waals surface area contributed by atoms with Crippen LogP contribution in [-0.4, -0.2) is 6.21 Å². The van der Waals surface area contributed by atoms with Gasteiger partial charge in [0.15, 0.2) is 0 Å². The Morgan fingerprint density at radius 2 is 1.89 bits per heavy atom. The molecule has 0 spiro atoms. The van der Waals surface area contributed by atoms with E-state index in [0.717, 1.165) is 9.26 Å². The van der Waals surface area contributed by atoms with Crippen molar-refractivity contribution in [1.29, 1.82) is 0 Å². The lowest BCUT2D eigenvalue weighted by molar-refractivity contribution is 0.626. The van der Waals surface area contributed by atoms with Crippen molar-refractivity contribution in [2.45, 2.75) is 0 Å². The van der Waals surface area contributed by atoms with Crippen LogP contribution in [0.25, 0.3) is 0 Å². The van der Waals surface area contributed by atoms with Crippen molar-refractivity contribution >= 4 is 46.1 Å². The summed E-state index contributed by atoms with van der Waals surface area (Å²) >= 11 is 8.09. The Morgan fingerprint density at radius 3 is 2.56 bits per heavy atom. The van der Waals surface area contributed by atoms with Crippen LogP contribution in [0.3, 0.4) is 0 Å². The summed E-state index contributed by atoms with van der Waals surface area (Å²) in [6.45, 7) is 0. The third-order valence-electron chi connectivity index (χ3n) is 2.23. The fourth-order valence-electron chi connectivity index (χ4n) is 1.33. The zero-order chi connectivity index (χ0) is 13.0. The van der Waals surface area contributed by atoms with Crippen molar-refractivity contribution in [1.82, 2.24) is 0 Å². The minimum Gasteiger partial charge on any atom is -0.279 e. The summed E-state index contributed by atoms with van der Waals surface area (Å²) < 4.78 is 14.6. The molecule has 2 aromatic rings. The third kappa shape index (κ3) is 3.43. The molecule has 2 aromatic carbocycles. The molecule has 5 heteroatoms. The molecule has 92 valence electrons. The SMILES string of the molecule is Fc1cccc(Cl)c1/C=N/Nc1ccc(I)cc1. The average molecular weight is 375 g/mol. The van der Waals surface area contributed by atoms with E-state index in [9.17, 15) is 4.39 Å². The average Bonchev–Trinajstić information content (AvgIpc) is 2.35. The highest BCUT2D eigenvalue weighted by Gasteiger charge is 2.03. The van der Waals surface area contributed by atoms with Crippen LogP contribution in [0.1, 0.15) is 5.56 Å². The first-order chi connectivity index (χ1) is 8.66. The van der Waals surface area contributed by atoms with Crippen molar-refractivity contribution < 1.29 is 4.39 Å². The first-order valence-electron chi connectivity index (χ1n) is 5.15. The summed E-state index contributed by atoms with van der Waals surface area (Å²) in [4.78, 5) is 0. The molecule has 0 amide bonds. The molecule has 1 N–H and O–H groups in total. The minimum atomic E-state index is -0.393. The highest BCUT2D eigenvalue weighted by atomic mass is 127. The Morgan fingerprint density at radius 1 is 1.17 bits per heavy atom. The van der Waals surface area contributed by atoms with Gasteiger partial charge in [0, 0.05) is 9.13 Å². The van der Waals surface area contributed by atoms with E-state index >= 15 is 0 Å². The lowest BCUT2D eigenvalue weighted by Crippen LogP contribution is -1.94. The summed E-state index contributed by atoms with van der Waals surface area (Å²) in [7, 11) is 0. The summed E-state index contributed by atoms with van der Waals surface area (Å²) in [5.41, 5.74) is 3.92. The van der Waals surface area contributed by atoms with Crippen LogP contribution in [-0.2, 0) is 0 Å². The Labute approximate surface area is 123 Å². The van der Waals surface area contributed by atoms with Gasteiger partial charge in [-0.3, -0.25) is 5.43 Å². The van der Waals surface area contributed by atoms with Crippen LogP contribution in [0.5, 0.6) is 0 Å². The van der Waals surface area contributed by atoms with E-state index in [1.807, 2.05) is 24.3 Å². The number of hydrogen-bond acceptors (Lipinski definition) is 2. The smallest absolute Gasteiger partial charge is 0.133 e. The summed E-state index contributed by atoms with van der Waals surface area (Å²) in [6.07, 6.45) is 1.37. The number of anilines is 1. The second kappa shape index (κ2) is 6.15. The first-order valence-corrected chi connectivity index (χ1v) is 6.61. The maximum Gasteiger partial charge on any atom is 0.133 e. The lowest BCUT2D eigenvalue weighted by Gasteiger charge is -2.01. The number of benzene rings is 2. The van der Waals surface area contributed by atoms with Gasteiger partial charge >= 0.3 is 0 Å². The van der Waals surface area contributed by atoms with E-state index in [2.05, 4.69) is 33.1 Å². The lowest BCUT2D eigenvalue weighted by atomic mass is 10.2. The Kier molecular flexibility index (Phi) is 4.54. The van der Waals surface area contributed by atoms with Crippen molar-refractivity contribution in [3.8, 4) is 0 Å². The normalized spacial score (nSPS) is 10.8. The van der Waals surface area contributed by atoms with E-state index in [4.69, 9.17) is 11.6 Å². The molecule has 0 aliphatic carbocycles. The molecular weight excluding hydrogens is 366 g/mol. The van der Waals surface area contributed by atoms with Gasteiger partial charge in [0.05, 0.1) is 16.9 Å². The molecule has 0 unspecified atom stereocenters. The number of rotatable bonds is 3. The molecule has 0 bridgehead atoms. The molecule has 0 fully saturated rings. The van der Waals surface area contributed by atoms with Crippen LogP contribution < -0.4 is 5.43 Å². The second-order valence-corrected chi connectivity index (χ2v) is 5.17.